The zero-order chi connectivity index (χ0) is 19.5. The number of carbonyl (C=O) groups is 2. The van der Waals surface area contributed by atoms with E-state index in [0.29, 0.717) is 19.5 Å². The van der Waals surface area contributed by atoms with Gasteiger partial charge in [-0.1, -0.05) is 60.7 Å². The van der Waals surface area contributed by atoms with Gasteiger partial charge in [0.2, 0.25) is 11.8 Å². The van der Waals surface area contributed by atoms with Gasteiger partial charge >= 0.3 is 0 Å². The Hall–Kier alpha value is -2.66. The second-order valence-corrected chi connectivity index (χ2v) is 7.83. The summed E-state index contributed by atoms with van der Waals surface area (Å²) in [6, 6.07) is 20.4. The van der Waals surface area contributed by atoms with Crippen LogP contribution in [-0.2, 0) is 16.0 Å². The first-order valence-electron chi connectivity index (χ1n) is 10.0. The molecular formula is C23H27N3O2. The van der Waals surface area contributed by atoms with Crippen LogP contribution >= 0.6 is 0 Å². The Labute approximate surface area is 166 Å². The second-order valence-electron chi connectivity index (χ2n) is 7.83. The largest absolute Gasteiger partial charge is 0.369 e. The van der Waals surface area contributed by atoms with Crippen molar-refractivity contribution in [2.75, 3.05) is 26.2 Å². The molecule has 28 heavy (non-hydrogen) atoms. The average Bonchev–Trinajstić information content (AvgIpc) is 3.12. The fourth-order valence-electron chi connectivity index (χ4n) is 4.73. The minimum Gasteiger partial charge on any atom is -0.369 e. The highest BCUT2D eigenvalue weighted by molar-refractivity contribution is 5.79. The number of carbonyl (C=O) groups excluding carboxylic acids is 2. The summed E-state index contributed by atoms with van der Waals surface area (Å²) in [7, 11) is 0. The fraction of sp³-hybridized carbons (Fsp3) is 0.391. The monoisotopic (exact) mass is 377 g/mol. The van der Waals surface area contributed by atoms with Gasteiger partial charge in [-0.25, -0.2) is 0 Å². The summed E-state index contributed by atoms with van der Waals surface area (Å²) in [6.45, 7) is 2.87. The molecule has 0 bridgehead atoms. The number of aryl methyl sites for hydroxylation is 1. The number of primary amides is 1. The van der Waals surface area contributed by atoms with Gasteiger partial charge in [0.1, 0.15) is 0 Å². The normalized spacial score (nSPS) is 24.7. The summed E-state index contributed by atoms with van der Waals surface area (Å²) in [6.07, 6.45) is 1.28. The van der Waals surface area contributed by atoms with E-state index < -0.39 is 0 Å². The lowest BCUT2D eigenvalue weighted by Gasteiger charge is -2.39. The summed E-state index contributed by atoms with van der Waals surface area (Å²) < 4.78 is 0. The van der Waals surface area contributed by atoms with Crippen LogP contribution < -0.4 is 5.73 Å². The van der Waals surface area contributed by atoms with Crippen molar-refractivity contribution in [1.82, 2.24) is 9.80 Å². The Balaban J connectivity index is 1.47. The Kier molecular flexibility index (Phi) is 5.44. The van der Waals surface area contributed by atoms with E-state index in [9.17, 15) is 9.59 Å². The molecule has 5 heteroatoms. The third-order valence-electron chi connectivity index (χ3n) is 6.19. The smallest absolute Gasteiger partial charge is 0.222 e. The van der Waals surface area contributed by atoms with Gasteiger partial charge in [0.05, 0.1) is 5.92 Å². The van der Waals surface area contributed by atoms with Gasteiger partial charge in [0.25, 0.3) is 0 Å². The lowest BCUT2D eigenvalue weighted by molar-refractivity contribution is -0.133. The molecule has 2 fully saturated rings. The van der Waals surface area contributed by atoms with Crippen LogP contribution in [0.2, 0.25) is 0 Å². The molecule has 0 spiro atoms. The third-order valence-corrected chi connectivity index (χ3v) is 6.19. The van der Waals surface area contributed by atoms with Crippen LogP contribution in [-0.4, -0.2) is 53.8 Å². The average molecular weight is 377 g/mol. The van der Waals surface area contributed by atoms with E-state index in [2.05, 4.69) is 29.2 Å². The zero-order valence-corrected chi connectivity index (χ0v) is 16.0. The van der Waals surface area contributed by atoms with Crippen molar-refractivity contribution in [3.05, 3.63) is 71.8 Å². The summed E-state index contributed by atoms with van der Waals surface area (Å²) in [5.74, 6) is -0.210. The van der Waals surface area contributed by atoms with Crippen molar-refractivity contribution in [2.24, 2.45) is 11.7 Å². The molecule has 2 aromatic carbocycles. The first-order valence-corrected chi connectivity index (χ1v) is 10.0. The van der Waals surface area contributed by atoms with Gasteiger partial charge in [-0.3, -0.25) is 14.5 Å². The minimum atomic E-state index is -0.245. The Morgan fingerprint density at radius 1 is 0.929 bits per heavy atom. The topological polar surface area (TPSA) is 66.6 Å². The molecule has 2 aliphatic heterocycles. The van der Waals surface area contributed by atoms with Crippen molar-refractivity contribution in [3.63, 3.8) is 0 Å². The zero-order valence-electron chi connectivity index (χ0n) is 16.0. The number of benzene rings is 2. The summed E-state index contributed by atoms with van der Waals surface area (Å²) in [5, 5.41) is 0. The van der Waals surface area contributed by atoms with E-state index in [4.69, 9.17) is 5.73 Å². The van der Waals surface area contributed by atoms with Gasteiger partial charge < -0.3 is 10.6 Å². The highest BCUT2D eigenvalue weighted by atomic mass is 16.2. The quantitative estimate of drug-likeness (QED) is 0.867. The van der Waals surface area contributed by atoms with Crippen LogP contribution in [0.3, 0.4) is 0 Å². The number of piperazine rings is 1. The molecule has 2 aromatic rings. The van der Waals surface area contributed by atoms with Crippen molar-refractivity contribution in [2.45, 2.75) is 24.8 Å². The molecule has 2 N–H and O–H groups in total. The van der Waals surface area contributed by atoms with Crippen LogP contribution in [0.25, 0.3) is 0 Å². The first kappa shape index (κ1) is 18.7. The number of fused-ring (bicyclic) bond motifs is 1. The predicted octanol–water partition coefficient (Wildman–Crippen LogP) is 2.03. The number of amides is 2. The maximum absolute atomic E-state index is 12.8. The van der Waals surface area contributed by atoms with Gasteiger partial charge in [0.15, 0.2) is 0 Å². The predicted molar refractivity (Wildman–Crippen MR) is 109 cm³/mol. The van der Waals surface area contributed by atoms with Crippen LogP contribution in [0.5, 0.6) is 0 Å². The number of hydrogen-bond acceptors (Lipinski definition) is 3. The number of nitrogens with two attached hydrogens (primary N) is 1. The van der Waals surface area contributed by atoms with E-state index in [0.717, 1.165) is 25.1 Å². The maximum atomic E-state index is 12.8. The molecule has 3 atom stereocenters. The van der Waals surface area contributed by atoms with Crippen LogP contribution in [0.4, 0.5) is 0 Å². The van der Waals surface area contributed by atoms with E-state index >= 15 is 0 Å². The molecule has 2 aliphatic rings. The third kappa shape index (κ3) is 3.80. The highest BCUT2D eigenvalue weighted by Gasteiger charge is 2.47. The van der Waals surface area contributed by atoms with Crippen LogP contribution in [0.15, 0.2) is 60.7 Å². The van der Waals surface area contributed by atoms with Crippen LogP contribution in [0, 0.1) is 5.92 Å². The molecule has 0 unspecified atom stereocenters. The van der Waals surface area contributed by atoms with E-state index in [-0.39, 0.29) is 29.7 Å². The van der Waals surface area contributed by atoms with Gasteiger partial charge in [-0.05, 0) is 17.5 Å². The molecule has 146 valence electrons. The highest BCUT2D eigenvalue weighted by Crippen LogP contribution is 2.39. The Morgan fingerprint density at radius 2 is 1.61 bits per heavy atom. The minimum absolute atomic E-state index is 0.0448. The molecule has 2 heterocycles. The first-order chi connectivity index (χ1) is 13.6. The molecular weight excluding hydrogens is 350 g/mol. The Bertz CT molecular complexity index is 824. The molecule has 0 aliphatic carbocycles. The van der Waals surface area contributed by atoms with Gasteiger partial charge in [0, 0.05) is 44.6 Å². The van der Waals surface area contributed by atoms with Crippen molar-refractivity contribution in [1.29, 1.82) is 0 Å². The molecule has 2 saturated heterocycles. The van der Waals surface area contributed by atoms with E-state index in [1.165, 1.54) is 5.56 Å². The van der Waals surface area contributed by atoms with Crippen LogP contribution in [0.1, 0.15) is 23.5 Å². The number of hydrogen-bond donors (Lipinski definition) is 1. The number of rotatable bonds is 5. The maximum Gasteiger partial charge on any atom is 0.222 e. The fourth-order valence-corrected chi connectivity index (χ4v) is 4.73. The summed E-state index contributed by atoms with van der Waals surface area (Å²) in [4.78, 5) is 29.3. The molecule has 0 aromatic heterocycles. The van der Waals surface area contributed by atoms with Gasteiger partial charge in [-0.15, -0.1) is 0 Å². The molecule has 0 saturated carbocycles. The standard InChI is InChI=1S/C23H27N3O2/c24-23(28)19-15-25-13-14-26(21(27)12-11-17-7-3-1-4-8-17)16-20(25)22(19)18-9-5-2-6-10-18/h1-10,19-20,22H,11-16H2,(H2,24,28)/t19-,20-,22+/m1/s1. The van der Waals surface area contributed by atoms with Crippen molar-refractivity contribution < 1.29 is 9.59 Å². The van der Waals surface area contributed by atoms with Crippen molar-refractivity contribution >= 4 is 11.8 Å². The Morgan fingerprint density at radius 3 is 2.29 bits per heavy atom. The summed E-state index contributed by atoms with van der Waals surface area (Å²) >= 11 is 0. The molecule has 0 radical (unpaired) electrons. The molecule has 2 amide bonds. The molecule has 4 rings (SSSR count). The van der Waals surface area contributed by atoms with E-state index in [1.807, 2.05) is 41.3 Å². The number of nitrogens with zero attached hydrogens (tertiary/aromatic N) is 2. The summed E-state index contributed by atoms with van der Waals surface area (Å²) in [5.41, 5.74) is 8.06. The van der Waals surface area contributed by atoms with E-state index in [1.54, 1.807) is 0 Å². The van der Waals surface area contributed by atoms with Gasteiger partial charge in [-0.2, -0.15) is 0 Å². The van der Waals surface area contributed by atoms with Crippen molar-refractivity contribution in [3.8, 4) is 0 Å². The molecule has 5 nitrogen and oxygen atoms in total. The lowest BCUT2D eigenvalue weighted by atomic mass is 9.83. The second kappa shape index (κ2) is 8.15. The lowest BCUT2D eigenvalue weighted by Crippen LogP contribution is -2.53. The SMILES string of the molecule is NC(=O)[C@@H]1CN2CCN(C(=O)CCc3ccccc3)C[C@@H]2[C@H]1c1ccccc1.